The van der Waals surface area contributed by atoms with Gasteiger partial charge in [-0.1, -0.05) is 51.5 Å². The Morgan fingerprint density at radius 1 is 1.12 bits per heavy atom. The lowest BCUT2D eigenvalue weighted by molar-refractivity contribution is 0.199. The normalized spacial score (nSPS) is 18.2. The number of unbranched alkanes of at least 4 members (excludes halogenated alkanes) is 1. The van der Waals surface area contributed by atoms with E-state index in [9.17, 15) is 8.78 Å². The molecule has 0 atom stereocenters. The molecule has 0 spiro atoms. The Morgan fingerprint density at radius 2 is 1.88 bits per heavy atom. The van der Waals surface area contributed by atoms with Gasteiger partial charge in [0, 0.05) is 12.0 Å². The van der Waals surface area contributed by atoms with Gasteiger partial charge in [-0.25, -0.2) is 8.78 Å². The maximum Gasteiger partial charge on any atom is 0.167 e. The van der Waals surface area contributed by atoms with Crippen molar-refractivity contribution >= 4 is 26.2 Å². The topological polar surface area (TPSA) is 9.23 Å². The molecule has 4 heteroatoms. The number of benzene rings is 1. The van der Waals surface area contributed by atoms with Crippen molar-refractivity contribution in [3.63, 3.8) is 0 Å². The predicted octanol–water partition coefficient (Wildman–Crippen LogP) is 7.34. The highest BCUT2D eigenvalue weighted by molar-refractivity contribution is 14.1. The summed E-state index contributed by atoms with van der Waals surface area (Å²) in [6, 6.07) is 1.91. The van der Waals surface area contributed by atoms with Crippen LogP contribution in [0.4, 0.5) is 8.78 Å². The number of hydrogen-bond donors (Lipinski definition) is 0. The van der Waals surface area contributed by atoms with Gasteiger partial charge in [-0.2, -0.15) is 0 Å². The van der Waals surface area contributed by atoms with Crippen molar-refractivity contribution in [1.82, 2.24) is 0 Å². The van der Waals surface area contributed by atoms with Crippen LogP contribution in [-0.4, -0.2) is 6.61 Å². The van der Waals surface area contributed by atoms with Gasteiger partial charge in [0.05, 0.1) is 10.2 Å². The van der Waals surface area contributed by atoms with Crippen molar-refractivity contribution in [3.05, 3.63) is 40.2 Å². The number of halogens is 3. The van der Waals surface area contributed by atoms with Crippen molar-refractivity contribution in [2.75, 3.05) is 6.61 Å². The number of aryl methyl sites for hydroxylation is 2. The molecule has 0 aliphatic heterocycles. The van der Waals surface area contributed by atoms with Gasteiger partial charge in [-0.05, 0) is 65.3 Å². The minimum atomic E-state index is -0.679. The summed E-state index contributed by atoms with van der Waals surface area (Å²) in [7, 11) is 0. The zero-order valence-corrected chi connectivity index (χ0v) is 17.8. The highest BCUT2D eigenvalue weighted by atomic mass is 127. The molecular weight excluding hydrogens is 445 g/mol. The standard InChI is InChI=1S/C22H29F2IO/c1-2-3-13-26-18-12-11-16-14-17(10-9-15-7-5-4-6-8-15)20(23)21(24)19(16)22(18)25/h14-15H,2-13H2,1H3. The molecule has 0 heterocycles. The monoisotopic (exact) mass is 474 g/mol. The third kappa shape index (κ3) is 4.60. The summed E-state index contributed by atoms with van der Waals surface area (Å²) in [5, 5.41) is 0. The second-order valence-electron chi connectivity index (χ2n) is 7.68. The molecule has 0 aromatic heterocycles. The average molecular weight is 474 g/mol. The molecule has 1 fully saturated rings. The summed E-state index contributed by atoms with van der Waals surface area (Å²) in [6.45, 7) is 2.76. The van der Waals surface area contributed by atoms with E-state index in [4.69, 9.17) is 4.74 Å². The summed E-state index contributed by atoms with van der Waals surface area (Å²) >= 11 is 2.12. The molecule has 2 aliphatic carbocycles. The average Bonchev–Trinajstić information content (AvgIpc) is 2.66. The van der Waals surface area contributed by atoms with Crippen molar-refractivity contribution in [2.45, 2.75) is 77.6 Å². The van der Waals surface area contributed by atoms with Gasteiger partial charge in [-0.3, -0.25) is 0 Å². The molecule has 26 heavy (non-hydrogen) atoms. The smallest absolute Gasteiger partial charge is 0.167 e. The molecule has 0 saturated heterocycles. The Hall–Kier alpha value is -0.650. The van der Waals surface area contributed by atoms with Gasteiger partial charge in [0.1, 0.15) is 5.76 Å². The Kier molecular flexibility index (Phi) is 7.35. The van der Waals surface area contributed by atoms with Crippen LogP contribution in [0.5, 0.6) is 0 Å². The zero-order chi connectivity index (χ0) is 18.5. The van der Waals surface area contributed by atoms with Gasteiger partial charge >= 0.3 is 0 Å². The van der Waals surface area contributed by atoms with Crippen LogP contribution >= 0.6 is 22.6 Å². The van der Waals surface area contributed by atoms with Crippen LogP contribution in [-0.2, 0) is 17.6 Å². The molecule has 2 aliphatic rings. The largest absolute Gasteiger partial charge is 0.497 e. The molecule has 1 saturated carbocycles. The number of fused-ring (bicyclic) bond motifs is 1. The van der Waals surface area contributed by atoms with Gasteiger partial charge in [-0.15, -0.1) is 0 Å². The van der Waals surface area contributed by atoms with Crippen LogP contribution in [0.1, 0.15) is 81.4 Å². The second kappa shape index (κ2) is 9.52. The van der Waals surface area contributed by atoms with E-state index in [0.29, 0.717) is 30.1 Å². The molecule has 144 valence electrons. The van der Waals surface area contributed by atoms with Gasteiger partial charge in [0.2, 0.25) is 0 Å². The molecule has 0 bridgehead atoms. The Morgan fingerprint density at radius 3 is 2.62 bits per heavy atom. The highest BCUT2D eigenvalue weighted by Crippen LogP contribution is 2.40. The molecule has 0 amide bonds. The lowest BCUT2D eigenvalue weighted by atomic mass is 9.84. The van der Waals surface area contributed by atoms with E-state index in [1.165, 1.54) is 32.1 Å². The molecule has 1 aromatic rings. The van der Waals surface area contributed by atoms with E-state index in [0.717, 1.165) is 47.0 Å². The first-order valence-electron chi connectivity index (χ1n) is 10.1. The van der Waals surface area contributed by atoms with Gasteiger partial charge < -0.3 is 4.74 Å². The van der Waals surface area contributed by atoms with Gasteiger partial charge in [0.25, 0.3) is 0 Å². The van der Waals surface area contributed by atoms with Crippen LogP contribution < -0.4 is 0 Å². The fourth-order valence-corrected chi connectivity index (χ4v) is 5.17. The third-order valence-electron chi connectivity index (χ3n) is 5.77. The van der Waals surface area contributed by atoms with E-state index >= 15 is 0 Å². The first-order chi connectivity index (χ1) is 12.6. The van der Waals surface area contributed by atoms with Crippen LogP contribution in [0.2, 0.25) is 0 Å². The first-order valence-corrected chi connectivity index (χ1v) is 11.2. The number of hydrogen-bond acceptors (Lipinski definition) is 1. The van der Waals surface area contributed by atoms with Crippen molar-refractivity contribution in [1.29, 1.82) is 0 Å². The number of ether oxygens (including phenoxy) is 1. The SMILES string of the molecule is CCCCOC1=C(I)c2c(cc(CCC3CCCCC3)c(F)c2F)CC1. The number of allylic oxidation sites excluding steroid dienone is 1. The lowest BCUT2D eigenvalue weighted by Crippen LogP contribution is -2.12. The zero-order valence-electron chi connectivity index (χ0n) is 15.7. The Balaban J connectivity index is 1.77. The molecule has 1 aromatic carbocycles. The molecule has 0 radical (unpaired) electrons. The minimum absolute atomic E-state index is 0.433. The summed E-state index contributed by atoms with van der Waals surface area (Å²) in [5.41, 5.74) is 1.93. The van der Waals surface area contributed by atoms with E-state index in [1.807, 2.05) is 6.07 Å². The van der Waals surface area contributed by atoms with E-state index in [1.54, 1.807) is 0 Å². The number of rotatable bonds is 7. The first kappa shape index (κ1) is 20.1. The fraction of sp³-hybridized carbons (Fsp3) is 0.636. The maximum atomic E-state index is 14.9. The Labute approximate surface area is 169 Å². The quantitative estimate of drug-likeness (QED) is 0.297. The van der Waals surface area contributed by atoms with Crippen molar-refractivity contribution < 1.29 is 13.5 Å². The highest BCUT2D eigenvalue weighted by Gasteiger charge is 2.26. The Bertz CT molecular complexity index is 663. The summed E-state index contributed by atoms with van der Waals surface area (Å²) in [6.07, 6.45) is 11.6. The summed E-state index contributed by atoms with van der Waals surface area (Å²) in [4.78, 5) is 0. The van der Waals surface area contributed by atoms with Crippen LogP contribution in [0, 0.1) is 17.6 Å². The summed E-state index contributed by atoms with van der Waals surface area (Å²) < 4.78 is 36.1. The molecular formula is C22H29F2IO. The fourth-order valence-electron chi connectivity index (χ4n) is 4.16. The third-order valence-corrected chi connectivity index (χ3v) is 6.91. The van der Waals surface area contributed by atoms with E-state index < -0.39 is 11.6 Å². The van der Waals surface area contributed by atoms with Gasteiger partial charge in [0.15, 0.2) is 11.6 Å². The minimum Gasteiger partial charge on any atom is -0.497 e. The maximum absolute atomic E-state index is 14.9. The summed E-state index contributed by atoms with van der Waals surface area (Å²) in [5.74, 6) is 0.172. The lowest BCUT2D eigenvalue weighted by Gasteiger charge is -2.24. The molecule has 3 rings (SSSR count). The molecule has 0 unspecified atom stereocenters. The van der Waals surface area contributed by atoms with Crippen LogP contribution in [0.15, 0.2) is 11.8 Å². The van der Waals surface area contributed by atoms with E-state index in [2.05, 4.69) is 29.5 Å². The molecule has 1 nitrogen and oxygen atoms in total. The molecule has 0 N–H and O–H groups in total. The van der Waals surface area contributed by atoms with Crippen molar-refractivity contribution in [3.8, 4) is 0 Å². The van der Waals surface area contributed by atoms with Crippen molar-refractivity contribution in [2.24, 2.45) is 5.92 Å². The second-order valence-corrected chi connectivity index (χ2v) is 8.76. The van der Waals surface area contributed by atoms with Crippen LogP contribution in [0.25, 0.3) is 3.58 Å². The van der Waals surface area contributed by atoms with Crippen LogP contribution in [0.3, 0.4) is 0 Å². The predicted molar refractivity (Wildman–Crippen MR) is 111 cm³/mol. The van der Waals surface area contributed by atoms with E-state index in [-0.39, 0.29) is 0 Å².